The van der Waals surface area contributed by atoms with E-state index in [9.17, 15) is 9.59 Å². The van der Waals surface area contributed by atoms with E-state index < -0.39 is 0 Å². The Bertz CT molecular complexity index is 1410. The van der Waals surface area contributed by atoms with E-state index in [0.29, 0.717) is 28.7 Å². The van der Waals surface area contributed by atoms with Crippen molar-refractivity contribution in [2.24, 2.45) is 5.92 Å². The van der Waals surface area contributed by atoms with Crippen LogP contribution in [-0.4, -0.2) is 18.7 Å². The van der Waals surface area contributed by atoms with E-state index in [0.717, 1.165) is 35.8 Å². The maximum atomic E-state index is 13.3. The monoisotopic (exact) mass is 436 g/mol. The summed E-state index contributed by atoms with van der Waals surface area (Å²) in [5.74, 6) is 1.09. The molecule has 1 fully saturated rings. The van der Waals surface area contributed by atoms with Crippen LogP contribution < -0.4 is 11.2 Å². The summed E-state index contributed by atoms with van der Waals surface area (Å²) in [5, 5.41) is 1.02. The third-order valence-corrected chi connectivity index (χ3v) is 6.27. The van der Waals surface area contributed by atoms with Gasteiger partial charge in [-0.05, 0) is 55.5 Å². The second kappa shape index (κ2) is 7.68. The number of aryl methyl sites for hydroxylation is 1. The molecule has 2 heterocycles. The number of hydrogen-bond acceptors (Lipinski definition) is 3. The van der Waals surface area contributed by atoms with E-state index in [4.69, 9.17) is 11.6 Å². The van der Waals surface area contributed by atoms with Crippen LogP contribution in [0.5, 0.6) is 0 Å². The van der Waals surface area contributed by atoms with Crippen molar-refractivity contribution in [3.8, 4) is 0 Å². The summed E-state index contributed by atoms with van der Waals surface area (Å²) < 4.78 is 5.72. The van der Waals surface area contributed by atoms with Gasteiger partial charge in [0.15, 0.2) is 0 Å². The fourth-order valence-electron chi connectivity index (χ4n) is 4.26. The van der Waals surface area contributed by atoms with Gasteiger partial charge < -0.3 is 4.57 Å². The van der Waals surface area contributed by atoms with Crippen molar-refractivity contribution in [1.29, 1.82) is 0 Å². The fourth-order valence-corrected chi connectivity index (χ4v) is 4.43. The standard InChI is InChI=1S/C24H25ClN4O2/c1-15(2)11-12-27-19-10-7-16(25)13-18(19)23(30)26-22(27)14-28-20-5-3-4-6-21(20)29(24(28)31)17-8-9-17/h3-7,10,13,15,17H,8-9,11-12,14H2,1-2H3. The number of hydrogen-bond donors (Lipinski definition) is 0. The highest BCUT2D eigenvalue weighted by Crippen LogP contribution is 2.36. The summed E-state index contributed by atoms with van der Waals surface area (Å²) in [4.78, 5) is 30.6. The van der Waals surface area contributed by atoms with Crippen LogP contribution in [0.1, 0.15) is 45.0 Å². The average Bonchev–Trinajstić information content (AvgIpc) is 3.53. The first kappa shape index (κ1) is 20.1. The number of imidazole rings is 1. The van der Waals surface area contributed by atoms with Crippen LogP contribution in [0.3, 0.4) is 0 Å². The predicted octanol–water partition coefficient (Wildman–Crippen LogP) is 4.60. The largest absolute Gasteiger partial charge is 0.329 e. The van der Waals surface area contributed by atoms with Crippen molar-refractivity contribution in [3.05, 3.63) is 74.1 Å². The summed E-state index contributed by atoms with van der Waals surface area (Å²) in [6, 6.07) is 13.5. The Morgan fingerprint density at radius 3 is 2.48 bits per heavy atom. The zero-order valence-electron chi connectivity index (χ0n) is 17.7. The van der Waals surface area contributed by atoms with Crippen LogP contribution in [0.4, 0.5) is 0 Å². The highest BCUT2D eigenvalue weighted by Gasteiger charge is 2.29. The minimum Gasteiger partial charge on any atom is -0.327 e. The molecule has 0 radical (unpaired) electrons. The van der Waals surface area contributed by atoms with Crippen molar-refractivity contribution in [1.82, 2.24) is 18.7 Å². The lowest BCUT2D eigenvalue weighted by atomic mass is 10.1. The molecule has 2 aromatic heterocycles. The van der Waals surface area contributed by atoms with Crippen molar-refractivity contribution >= 4 is 33.5 Å². The molecule has 0 unspecified atom stereocenters. The predicted molar refractivity (Wildman–Crippen MR) is 124 cm³/mol. The minimum atomic E-state index is -0.313. The molecule has 0 bridgehead atoms. The molecule has 2 aromatic carbocycles. The number of benzene rings is 2. The molecule has 0 N–H and O–H groups in total. The number of nitrogens with zero attached hydrogens (tertiary/aromatic N) is 4. The highest BCUT2D eigenvalue weighted by atomic mass is 35.5. The van der Waals surface area contributed by atoms with E-state index >= 15 is 0 Å². The van der Waals surface area contributed by atoms with Crippen molar-refractivity contribution in [3.63, 3.8) is 0 Å². The van der Waals surface area contributed by atoms with Crippen LogP contribution in [0.15, 0.2) is 52.1 Å². The summed E-state index contributed by atoms with van der Waals surface area (Å²) in [5.41, 5.74) is 2.27. The van der Waals surface area contributed by atoms with Gasteiger partial charge in [0, 0.05) is 17.6 Å². The Morgan fingerprint density at radius 2 is 1.77 bits per heavy atom. The Kier molecular flexibility index (Phi) is 4.97. The van der Waals surface area contributed by atoms with Gasteiger partial charge in [0.2, 0.25) is 0 Å². The summed E-state index contributed by atoms with van der Waals surface area (Å²) >= 11 is 6.14. The van der Waals surface area contributed by atoms with Gasteiger partial charge >= 0.3 is 5.69 Å². The van der Waals surface area contributed by atoms with Crippen LogP contribution in [0.25, 0.3) is 21.9 Å². The molecule has 0 atom stereocenters. The molecule has 0 amide bonds. The topological polar surface area (TPSA) is 61.8 Å². The second-order valence-corrected chi connectivity index (χ2v) is 9.22. The second-order valence-electron chi connectivity index (χ2n) is 8.79. The molecule has 1 aliphatic carbocycles. The van der Waals surface area contributed by atoms with E-state index in [1.54, 1.807) is 16.7 Å². The first-order valence-electron chi connectivity index (χ1n) is 10.8. The van der Waals surface area contributed by atoms with Crippen LogP contribution in [0, 0.1) is 5.92 Å². The zero-order valence-corrected chi connectivity index (χ0v) is 18.5. The Labute approximate surface area is 184 Å². The SMILES string of the molecule is CC(C)CCn1c(Cn2c(=O)n(C3CC3)c3ccccc32)nc(=O)c2cc(Cl)ccc21. The van der Waals surface area contributed by atoms with Gasteiger partial charge in [-0.1, -0.05) is 37.6 Å². The molecule has 4 aromatic rings. The van der Waals surface area contributed by atoms with Crippen molar-refractivity contribution in [2.75, 3.05) is 0 Å². The first-order valence-corrected chi connectivity index (χ1v) is 11.2. The van der Waals surface area contributed by atoms with E-state index in [1.165, 1.54) is 0 Å². The molecule has 0 saturated heterocycles. The fraction of sp³-hybridized carbons (Fsp3) is 0.375. The summed E-state index contributed by atoms with van der Waals surface area (Å²) in [6.45, 7) is 5.31. The molecule has 7 heteroatoms. The van der Waals surface area contributed by atoms with Gasteiger partial charge in [-0.25, -0.2) is 4.79 Å². The van der Waals surface area contributed by atoms with Gasteiger partial charge in [-0.3, -0.25) is 13.9 Å². The lowest BCUT2D eigenvalue weighted by Gasteiger charge is -2.17. The summed E-state index contributed by atoms with van der Waals surface area (Å²) in [6.07, 6.45) is 3.00. The molecule has 6 nitrogen and oxygen atoms in total. The molecular weight excluding hydrogens is 412 g/mol. The first-order chi connectivity index (χ1) is 14.9. The lowest BCUT2D eigenvalue weighted by Crippen LogP contribution is -2.28. The van der Waals surface area contributed by atoms with E-state index in [2.05, 4.69) is 23.4 Å². The van der Waals surface area contributed by atoms with Crippen LogP contribution in [-0.2, 0) is 13.1 Å². The highest BCUT2D eigenvalue weighted by molar-refractivity contribution is 6.31. The number of halogens is 1. The molecule has 0 spiro atoms. The van der Waals surface area contributed by atoms with E-state index in [-0.39, 0.29) is 23.8 Å². The van der Waals surface area contributed by atoms with Crippen molar-refractivity contribution < 1.29 is 0 Å². The Balaban J connectivity index is 1.70. The number of rotatable bonds is 6. The van der Waals surface area contributed by atoms with Gasteiger partial charge in [0.1, 0.15) is 5.82 Å². The molecule has 1 aliphatic rings. The van der Waals surface area contributed by atoms with Gasteiger partial charge in [0.05, 0.1) is 28.5 Å². The lowest BCUT2D eigenvalue weighted by molar-refractivity contribution is 0.500. The van der Waals surface area contributed by atoms with Gasteiger partial charge in [-0.15, -0.1) is 0 Å². The van der Waals surface area contributed by atoms with Crippen LogP contribution >= 0.6 is 11.6 Å². The van der Waals surface area contributed by atoms with Gasteiger partial charge in [0.25, 0.3) is 5.56 Å². The summed E-state index contributed by atoms with van der Waals surface area (Å²) in [7, 11) is 0. The maximum absolute atomic E-state index is 13.3. The third-order valence-electron chi connectivity index (χ3n) is 6.03. The number of fused-ring (bicyclic) bond motifs is 2. The smallest absolute Gasteiger partial charge is 0.327 e. The zero-order chi connectivity index (χ0) is 21.7. The minimum absolute atomic E-state index is 0.0374. The molecule has 31 heavy (non-hydrogen) atoms. The Morgan fingerprint density at radius 1 is 1.03 bits per heavy atom. The van der Waals surface area contributed by atoms with Gasteiger partial charge in [-0.2, -0.15) is 4.98 Å². The molecule has 0 aliphatic heterocycles. The number of aromatic nitrogens is 4. The van der Waals surface area contributed by atoms with Crippen molar-refractivity contribution in [2.45, 2.75) is 52.2 Å². The quantitative estimate of drug-likeness (QED) is 0.444. The molecular formula is C24H25ClN4O2. The maximum Gasteiger partial charge on any atom is 0.329 e. The van der Waals surface area contributed by atoms with Crippen LogP contribution in [0.2, 0.25) is 5.02 Å². The average molecular weight is 437 g/mol. The number of para-hydroxylation sites is 2. The van der Waals surface area contributed by atoms with E-state index in [1.807, 2.05) is 34.9 Å². The molecule has 1 saturated carbocycles. The normalized spacial score (nSPS) is 14.2. The Hall–Kier alpha value is -2.86. The third kappa shape index (κ3) is 3.59. The molecule has 160 valence electrons. The molecule has 5 rings (SSSR count).